The molecule has 0 saturated heterocycles. The molecule has 1 rings (SSSR count). The van der Waals surface area contributed by atoms with Crippen LogP contribution in [0.3, 0.4) is 0 Å². The van der Waals surface area contributed by atoms with Gasteiger partial charge in [0.1, 0.15) is 0 Å². The van der Waals surface area contributed by atoms with Crippen LogP contribution in [0.2, 0.25) is 0 Å². The fraction of sp³-hybridized carbons (Fsp3) is 0.333. The van der Waals surface area contributed by atoms with Crippen molar-refractivity contribution in [2.24, 2.45) is 16.9 Å². The Morgan fingerprint density at radius 3 is 1.73 bits per heavy atom. The van der Waals surface area contributed by atoms with E-state index >= 15 is 0 Å². The van der Waals surface area contributed by atoms with Gasteiger partial charge in [-0.1, -0.05) is 26.0 Å². The molecule has 0 atom stereocenters. The molecule has 2 heteroatoms. The molecule has 0 aromatic carbocycles. The van der Waals surface area contributed by atoms with E-state index in [1.54, 1.807) is 0 Å². The van der Waals surface area contributed by atoms with Crippen molar-refractivity contribution in [2.45, 2.75) is 13.8 Å². The van der Waals surface area contributed by atoms with Crippen LogP contribution in [0, 0.1) is 5.41 Å². The predicted octanol–water partition coefficient (Wildman–Crippen LogP) is 1.27. The van der Waals surface area contributed by atoms with Crippen LogP contribution < -0.4 is 11.5 Å². The molecule has 2 nitrogen and oxygen atoms in total. The molecule has 60 valence electrons. The summed E-state index contributed by atoms with van der Waals surface area (Å²) in [6, 6.07) is 0. The molecule has 0 bridgehead atoms. The van der Waals surface area contributed by atoms with E-state index in [2.05, 4.69) is 13.8 Å². The maximum absolute atomic E-state index is 5.62. The highest BCUT2D eigenvalue weighted by atomic mass is 14.7. The number of rotatable bonds is 0. The van der Waals surface area contributed by atoms with Gasteiger partial charge in [0.25, 0.3) is 0 Å². The van der Waals surface area contributed by atoms with E-state index in [1.807, 2.05) is 24.3 Å². The number of hydrogen-bond acceptors (Lipinski definition) is 2. The van der Waals surface area contributed by atoms with Gasteiger partial charge >= 0.3 is 0 Å². The first-order valence-corrected chi connectivity index (χ1v) is 3.65. The van der Waals surface area contributed by atoms with Crippen molar-refractivity contribution in [2.75, 3.05) is 0 Å². The molecule has 0 aromatic heterocycles. The lowest BCUT2D eigenvalue weighted by atomic mass is 9.93. The minimum atomic E-state index is 0.0613. The molecule has 0 aliphatic heterocycles. The summed E-state index contributed by atoms with van der Waals surface area (Å²) in [5.41, 5.74) is 12.6. The van der Waals surface area contributed by atoms with Gasteiger partial charge in [0, 0.05) is 5.41 Å². The Balaban J connectivity index is 3.01. The Bertz CT molecular complexity index is 220. The lowest BCUT2D eigenvalue weighted by Gasteiger charge is -2.12. The van der Waals surface area contributed by atoms with Gasteiger partial charge in [-0.15, -0.1) is 0 Å². The molecule has 11 heavy (non-hydrogen) atoms. The Labute approximate surface area is 67.3 Å². The van der Waals surface area contributed by atoms with Crippen molar-refractivity contribution < 1.29 is 0 Å². The zero-order chi connectivity index (χ0) is 8.48. The molecule has 0 aromatic rings. The minimum absolute atomic E-state index is 0.0613. The van der Waals surface area contributed by atoms with Crippen LogP contribution in [0.1, 0.15) is 13.8 Å². The topological polar surface area (TPSA) is 52.0 Å². The van der Waals surface area contributed by atoms with Crippen molar-refractivity contribution in [3.63, 3.8) is 0 Å². The summed E-state index contributed by atoms with van der Waals surface area (Å²) < 4.78 is 0. The van der Waals surface area contributed by atoms with Crippen molar-refractivity contribution in [1.82, 2.24) is 0 Å². The highest BCUT2D eigenvalue weighted by molar-refractivity contribution is 5.34. The van der Waals surface area contributed by atoms with Crippen LogP contribution in [-0.2, 0) is 0 Å². The third-order valence-electron chi connectivity index (χ3n) is 1.72. The highest BCUT2D eigenvalue weighted by Gasteiger charge is 2.11. The van der Waals surface area contributed by atoms with Crippen molar-refractivity contribution >= 4 is 0 Å². The Hall–Kier alpha value is -1.18. The molecule has 0 unspecified atom stereocenters. The molecule has 0 amide bonds. The van der Waals surface area contributed by atoms with Crippen LogP contribution >= 0.6 is 0 Å². The molecule has 4 N–H and O–H groups in total. The van der Waals surface area contributed by atoms with E-state index in [4.69, 9.17) is 11.5 Å². The van der Waals surface area contributed by atoms with Gasteiger partial charge in [-0.05, 0) is 12.2 Å². The van der Waals surface area contributed by atoms with E-state index in [9.17, 15) is 0 Å². The molecule has 0 fully saturated rings. The van der Waals surface area contributed by atoms with Gasteiger partial charge in [-0.2, -0.15) is 0 Å². The second-order valence-electron chi connectivity index (χ2n) is 3.40. The van der Waals surface area contributed by atoms with Gasteiger partial charge in [-0.25, -0.2) is 0 Å². The minimum Gasteiger partial charge on any atom is -0.397 e. The summed E-state index contributed by atoms with van der Waals surface area (Å²) in [6.07, 6.45) is 7.79. The van der Waals surface area contributed by atoms with Crippen LogP contribution in [-0.4, -0.2) is 0 Å². The molecule has 0 heterocycles. The summed E-state index contributed by atoms with van der Waals surface area (Å²) in [5.74, 6) is 0. The normalized spacial score (nSPS) is 22.0. The van der Waals surface area contributed by atoms with E-state index < -0.39 is 0 Å². The maximum Gasteiger partial charge on any atom is 0.0544 e. The number of nitrogens with two attached hydrogens (primary N) is 2. The van der Waals surface area contributed by atoms with E-state index in [0.717, 1.165) is 0 Å². The largest absolute Gasteiger partial charge is 0.397 e. The van der Waals surface area contributed by atoms with Crippen LogP contribution in [0.5, 0.6) is 0 Å². The Morgan fingerprint density at radius 2 is 1.36 bits per heavy atom. The lowest BCUT2D eigenvalue weighted by molar-refractivity contribution is 0.626. The molecule has 0 spiro atoms. The fourth-order valence-corrected chi connectivity index (χ4v) is 0.857. The maximum atomic E-state index is 5.62. The van der Waals surface area contributed by atoms with Gasteiger partial charge in [0.15, 0.2) is 0 Å². The summed E-state index contributed by atoms with van der Waals surface area (Å²) in [5, 5.41) is 0. The summed E-state index contributed by atoms with van der Waals surface area (Å²) in [7, 11) is 0. The molecular weight excluding hydrogens is 136 g/mol. The highest BCUT2D eigenvalue weighted by Crippen LogP contribution is 2.22. The quantitative estimate of drug-likeness (QED) is 0.546. The second kappa shape index (κ2) is 2.46. The lowest BCUT2D eigenvalue weighted by Crippen LogP contribution is -2.04. The van der Waals surface area contributed by atoms with Crippen LogP contribution in [0.15, 0.2) is 35.7 Å². The summed E-state index contributed by atoms with van der Waals surface area (Å²) in [4.78, 5) is 0. The zero-order valence-electron chi connectivity index (χ0n) is 6.96. The molecule has 1 aliphatic rings. The Morgan fingerprint density at radius 1 is 1.00 bits per heavy atom. The molecular formula is C9H14N2. The molecule has 1 aliphatic carbocycles. The predicted molar refractivity (Wildman–Crippen MR) is 47.5 cm³/mol. The first kappa shape index (κ1) is 7.92. The third kappa shape index (κ3) is 1.87. The first-order valence-electron chi connectivity index (χ1n) is 3.65. The van der Waals surface area contributed by atoms with Crippen LogP contribution in [0.4, 0.5) is 0 Å². The van der Waals surface area contributed by atoms with E-state index in [0.29, 0.717) is 11.4 Å². The van der Waals surface area contributed by atoms with Crippen molar-refractivity contribution in [3.05, 3.63) is 35.7 Å². The van der Waals surface area contributed by atoms with Gasteiger partial charge in [0.2, 0.25) is 0 Å². The van der Waals surface area contributed by atoms with Crippen molar-refractivity contribution in [3.8, 4) is 0 Å². The van der Waals surface area contributed by atoms with E-state index in [-0.39, 0.29) is 5.41 Å². The third-order valence-corrected chi connectivity index (χ3v) is 1.72. The van der Waals surface area contributed by atoms with Gasteiger partial charge in [0.05, 0.1) is 11.4 Å². The summed E-state index contributed by atoms with van der Waals surface area (Å²) in [6.45, 7) is 4.21. The first-order chi connectivity index (χ1) is 5.01. The monoisotopic (exact) mass is 150 g/mol. The summed E-state index contributed by atoms with van der Waals surface area (Å²) >= 11 is 0. The average Bonchev–Trinajstić information content (AvgIpc) is 2.03. The number of hydrogen-bond donors (Lipinski definition) is 2. The molecule has 0 saturated carbocycles. The number of allylic oxidation sites excluding steroid dienone is 4. The molecule has 0 radical (unpaired) electrons. The Kier molecular flexibility index (Phi) is 1.77. The zero-order valence-corrected chi connectivity index (χ0v) is 6.96. The smallest absolute Gasteiger partial charge is 0.0544 e. The average molecular weight is 150 g/mol. The standard InChI is InChI=1S/C9H14N2/c1-9(2)5-3-7(10)8(11)4-6-9/h3-6H,10-11H2,1-2H3. The second-order valence-corrected chi connectivity index (χ2v) is 3.40. The van der Waals surface area contributed by atoms with Gasteiger partial charge < -0.3 is 11.5 Å². The fourth-order valence-electron chi connectivity index (χ4n) is 0.857. The van der Waals surface area contributed by atoms with Gasteiger partial charge in [-0.3, -0.25) is 0 Å². The SMILES string of the molecule is CC1(C)C=CC(N)=C(N)C=C1. The van der Waals surface area contributed by atoms with Crippen molar-refractivity contribution in [1.29, 1.82) is 0 Å². The van der Waals surface area contributed by atoms with Crippen LogP contribution in [0.25, 0.3) is 0 Å². The van der Waals surface area contributed by atoms with E-state index in [1.165, 1.54) is 0 Å².